The average Bonchev–Trinajstić information content (AvgIpc) is 3.47. The molecule has 1 fully saturated rings. The van der Waals surface area contributed by atoms with Crippen LogP contribution in [0.3, 0.4) is 0 Å². The number of hydrogen-bond acceptors (Lipinski definition) is 5. The first-order chi connectivity index (χ1) is 13.3. The van der Waals surface area contributed by atoms with Crippen molar-refractivity contribution in [2.45, 2.75) is 12.3 Å². The molecule has 2 aromatic carbocycles. The number of H-pyrrole nitrogens is 1. The van der Waals surface area contributed by atoms with Crippen molar-refractivity contribution in [2.24, 2.45) is 0 Å². The number of imidazole rings is 1. The Balaban J connectivity index is 1.32. The summed E-state index contributed by atoms with van der Waals surface area (Å²) >= 11 is 0. The topological polar surface area (TPSA) is 87.9 Å². The molecule has 27 heavy (non-hydrogen) atoms. The highest BCUT2D eigenvalue weighted by atomic mass is 16.5. The Morgan fingerprint density at radius 2 is 2.07 bits per heavy atom. The van der Waals surface area contributed by atoms with Crippen molar-refractivity contribution < 1.29 is 9.32 Å². The maximum Gasteiger partial charge on any atom is 0.253 e. The van der Waals surface area contributed by atoms with Crippen molar-refractivity contribution >= 4 is 16.9 Å². The zero-order valence-electron chi connectivity index (χ0n) is 14.5. The predicted octanol–water partition coefficient (Wildman–Crippen LogP) is 3.24. The normalized spacial score (nSPS) is 16.9. The summed E-state index contributed by atoms with van der Waals surface area (Å²) in [5.41, 5.74) is 3.29. The molecule has 1 aliphatic heterocycles. The molecular formula is C20H17N5O2. The first kappa shape index (κ1) is 15.7. The summed E-state index contributed by atoms with van der Waals surface area (Å²) in [7, 11) is 0. The minimum Gasteiger partial charge on any atom is -0.345 e. The average molecular weight is 359 g/mol. The molecule has 134 valence electrons. The number of fused-ring (bicyclic) bond motifs is 1. The summed E-state index contributed by atoms with van der Waals surface area (Å²) in [6.07, 6.45) is 2.44. The number of carbonyl (C=O) groups is 1. The van der Waals surface area contributed by atoms with Crippen LogP contribution >= 0.6 is 0 Å². The van der Waals surface area contributed by atoms with Gasteiger partial charge in [0.15, 0.2) is 0 Å². The number of hydrogen-bond donors (Lipinski definition) is 1. The van der Waals surface area contributed by atoms with Gasteiger partial charge in [-0.3, -0.25) is 4.79 Å². The lowest BCUT2D eigenvalue weighted by molar-refractivity contribution is 0.0789. The largest absolute Gasteiger partial charge is 0.345 e. The van der Waals surface area contributed by atoms with Crippen LogP contribution in [0.1, 0.15) is 28.6 Å². The molecule has 3 heterocycles. The van der Waals surface area contributed by atoms with E-state index in [1.807, 2.05) is 53.4 Å². The first-order valence-electron chi connectivity index (χ1n) is 8.89. The molecule has 2 aromatic heterocycles. The Kier molecular flexibility index (Phi) is 3.71. The number of likely N-dealkylation sites (tertiary alicyclic amines) is 1. The number of carbonyl (C=O) groups excluding carboxylic acids is 1. The Morgan fingerprint density at radius 3 is 2.96 bits per heavy atom. The van der Waals surface area contributed by atoms with Crippen molar-refractivity contribution in [1.29, 1.82) is 0 Å². The highest BCUT2D eigenvalue weighted by Crippen LogP contribution is 2.29. The minimum absolute atomic E-state index is 0.0109. The number of nitrogens with zero attached hydrogens (tertiary/aromatic N) is 4. The van der Waals surface area contributed by atoms with Gasteiger partial charge in [0.05, 0.1) is 23.3 Å². The smallest absolute Gasteiger partial charge is 0.253 e. The van der Waals surface area contributed by atoms with Crippen molar-refractivity contribution in [3.8, 4) is 11.4 Å². The summed E-state index contributed by atoms with van der Waals surface area (Å²) in [5.74, 6) is 1.25. The highest BCUT2D eigenvalue weighted by molar-refractivity contribution is 5.97. The van der Waals surface area contributed by atoms with Crippen LogP contribution in [-0.2, 0) is 0 Å². The van der Waals surface area contributed by atoms with Crippen LogP contribution in [0.15, 0.2) is 59.4 Å². The fraction of sp³-hybridized carbons (Fsp3) is 0.200. The summed E-state index contributed by atoms with van der Waals surface area (Å²) in [6.45, 7) is 1.25. The fourth-order valence-electron chi connectivity index (χ4n) is 3.50. The molecule has 0 bridgehead atoms. The van der Waals surface area contributed by atoms with Gasteiger partial charge in [-0.05, 0) is 24.6 Å². The third-order valence-electron chi connectivity index (χ3n) is 4.97. The third kappa shape index (κ3) is 2.87. The molecule has 1 atom stereocenters. The fourth-order valence-corrected chi connectivity index (χ4v) is 3.50. The maximum absolute atomic E-state index is 12.8. The predicted molar refractivity (Wildman–Crippen MR) is 99.1 cm³/mol. The molecule has 0 aliphatic carbocycles. The van der Waals surface area contributed by atoms with E-state index < -0.39 is 0 Å². The van der Waals surface area contributed by atoms with Gasteiger partial charge in [0.1, 0.15) is 0 Å². The van der Waals surface area contributed by atoms with Crippen LogP contribution in [0, 0.1) is 0 Å². The van der Waals surface area contributed by atoms with Crippen LogP contribution in [-0.4, -0.2) is 44.0 Å². The van der Waals surface area contributed by atoms with E-state index in [9.17, 15) is 4.79 Å². The first-order valence-corrected chi connectivity index (χ1v) is 8.89. The number of nitrogens with one attached hydrogen (secondary N) is 1. The van der Waals surface area contributed by atoms with E-state index in [4.69, 9.17) is 4.52 Å². The second kappa shape index (κ2) is 6.35. The molecule has 5 rings (SSSR count). The van der Waals surface area contributed by atoms with Crippen molar-refractivity contribution in [3.63, 3.8) is 0 Å². The Labute approximate surface area is 155 Å². The number of rotatable bonds is 3. The zero-order valence-corrected chi connectivity index (χ0v) is 14.5. The molecule has 7 nitrogen and oxygen atoms in total. The van der Waals surface area contributed by atoms with Crippen LogP contribution in [0.25, 0.3) is 22.4 Å². The number of aromatic amines is 1. The van der Waals surface area contributed by atoms with Gasteiger partial charge in [0, 0.05) is 24.2 Å². The second-order valence-corrected chi connectivity index (χ2v) is 6.69. The molecule has 0 spiro atoms. The molecule has 0 unspecified atom stereocenters. The van der Waals surface area contributed by atoms with E-state index in [0.717, 1.165) is 23.0 Å². The molecule has 1 N–H and O–H groups in total. The van der Waals surface area contributed by atoms with Gasteiger partial charge in [-0.1, -0.05) is 35.5 Å². The summed E-state index contributed by atoms with van der Waals surface area (Å²) in [5, 5.41) is 4.09. The van der Waals surface area contributed by atoms with E-state index in [1.165, 1.54) is 0 Å². The summed E-state index contributed by atoms with van der Waals surface area (Å²) in [4.78, 5) is 26.4. The molecule has 0 saturated carbocycles. The number of benzene rings is 2. The highest BCUT2D eigenvalue weighted by Gasteiger charge is 2.31. The van der Waals surface area contributed by atoms with Crippen molar-refractivity contribution in [3.05, 3.63) is 66.3 Å². The minimum atomic E-state index is 0.0109. The van der Waals surface area contributed by atoms with Crippen LogP contribution in [0.4, 0.5) is 0 Å². The van der Waals surface area contributed by atoms with Gasteiger partial charge in [0.2, 0.25) is 11.7 Å². The SMILES string of the molecule is O=C(c1ccc2nc[nH]c2c1)N1CC[C@H](c2nc(-c3ccccc3)no2)C1. The maximum atomic E-state index is 12.8. The van der Waals surface area contributed by atoms with Crippen molar-refractivity contribution in [2.75, 3.05) is 13.1 Å². The van der Waals surface area contributed by atoms with E-state index in [-0.39, 0.29) is 11.8 Å². The zero-order chi connectivity index (χ0) is 18.2. The van der Waals surface area contributed by atoms with Gasteiger partial charge >= 0.3 is 0 Å². The standard InChI is InChI=1S/C20H17N5O2/c26-20(14-6-7-16-17(10-14)22-12-21-16)25-9-8-15(11-25)19-23-18(24-27-19)13-4-2-1-3-5-13/h1-7,10,12,15H,8-9,11H2,(H,21,22)/t15-/m0/s1. The lowest BCUT2D eigenvalue weighted by atomic mass is 10.1. The van der Waals surface area contributed by atoms with Crippen molar-refractivity contribution in [1.82, 2.24) is 25.0 Å². The summed E-state index contributed by atoms with van der Waals surface area (Å²) < 4.78 is 5.47. The lowest BCUT2D eigenvalue weighted by Crippen LogP contribution is -2.28. The lowest BCUT2D eigenvalue weighted by Gasteiger charge is -2.15. The summed E-state index contributed by atoms with van der Waals surface area (Å²) in [6, 6.07) is 15.3. The molecule has 1 saturated heterocycles. The van der Waals surface area contributed by atoms with Gasteiger partial charge in [0.25, 0.3) is 5.91 Å². The Hall–Kier alpha value is -3.48. The molecule has 1 amide bonds. The molecule has 4 aromatic rings. The van der Waals surface area contributed by atoms with E-state index in [0.29, 0.717) is 30.4 Å². The van der Waals surface area contributed by atoms with Gasteiger partial charge < -0.3 is 14.4 Å². The van der Waals surface area contributed by atoms with E-state index in [2.05, 4.69) is 20.1 Å². The molecular weight excluding hydrogens is 342 g/mol. The second-order valence-electron chi connectivity index (χ2n) is 6.69. The number of aromatic nitrogens is 4. The number of amides is 1. The Bertz CT molecular complexity index is 1100. The third-order valence-corrected chi connectivity index (χ3v) is 4.97. The Morgan fingerprint density at radius 1 is 1.19 bits per heavy atom. The van der Waals surface area contributed by atoms with E-state index >= 15 is 0 Å². The van der Waals surface area contributed by atoms with Crippen LogP contribution in [0.2, 0.25) is 0 Å². The van der Waals surface area contributed by atoms with E-state index in [1.54, 1.807) is 6.33 Å². The van der Waals surface area contributed by atoms with Crippen LogP contribution in [0.5, 0.6) is 0 Å². The monoisotopic (exact) mass is 359 g/mol. The quantitative estimate of drug-likeness (QED) is 0.607. The van der Waals surface area contributed by atoms with Gasteiger partial charge in [-0.25, -0.2) is 4.98 Å². The molecule has 1 aliphatic rings. The molecule has 7 heteroatoms. The van der Waals surface area contributed by atoms with Gasteiger partial charge in [-0.15, -0.1) is 0 Å². The van der Waals surface area contributed by atoms with Gasteiger partial charge in [-0.2, -0.15) is 4.98 Å². The molecule has 0 radical (unpaired) electrons. The van der Waals surface area contributed by atoms with Crippen LogP contribution < -0.4 is 0 Å².